The minimum Gasteiger partial charge on any atom is -0.497 e. The van der Waals surface area contributed by atoms with E-state index in [1.54, 1.807) is 25.7 Å². The molecule has 5 rings (SSSR count). The van der Waals surface area contributed by atoms with Crippen molar-refractivity contribution in [2.45, 2.75) is 18.9 Å². The zero-order valence-corrected chi connectivity index (χ0v) is 16.7. The number of nitrogens with zero attached hydrogens (tertiary/aromatic N) is 5. The molecule has 152 valence electrons. The largest absolute Gasteiger partial charge is 0.497 e. The second-order valence-electron chi connectivity index (χ2n) is 7.39. The van der Waals surface area contributed by atoms with Crippen LogP contribution in [0.5, 0.6) is 5.75 Å². The van der Waals surface area contributed by atoms with E-state index in [9.17, 15) is 4.79 Å². The highest BCUT2D eigenvalue weighted by atomic mass is 16.5. The van der Waals surface area contributed by atoms with Crippen LogP contribution < -0.4 is 15.2 Å². The number of anilines is 1. The molecule has 8 heteroatoms. The first-order valence-electron chi connectivity index (χ1n) is 9.99. The summed E-state index contributed by atoms with van der Waals surface area (Å²) < 4.78 is 7.45. The van der Waals surface area contributed by atoms with Crippen LogP contribution in [0, 0.1) is 0 Å². The van der Waals surface area contributed by atoms with Gasteiger partial charge in [-0.05, 0) is 43.2 Å². The van der Waals surface area contributed by atoms with Gasteiger partial charge in [-0.1, -0.05) is 0 Å². The van der Waals surface area contributed by atoms with Gasteiger partial charge in [0, 0.05) is 54.8 Å². The van der Waals surface area contributed by atoms with Gasteiger partial charge in [0.15, 0.2) is 0 Å². The smallest absolute Gasteiger partial charge is 0.259 e. The Morgan fingerprint density at radius 3 is 2.63 bits per heavy atom. The maximum absolute atomic E-state index is 12.8. The molecule has 0 bridgehead atoms. The van der Waals surface area contributed by atoms with Gasteiger partial charge in [-0.2, -0.15) is 0 Å². The first kappa shape index (κ1) is 18.4. The van der Waals surface area contributed by atoms with E-state index in [2.05, 4.69) is 29.4 Å². The summed E-state index contributed by atoms with van der Waals surface area (Å²) in [6.07, 6.45) is 9.12. The van der Waals surface area contributed by atoms with Crippen LogP contribution in [0.25, 0.3) is 22.3 Å². The standard InChI is InChI=1S/C22H22N6O2/c1-30-17-3-4-19-15(13-17)14-18(21(29)26-19)20-23-9-12-28(20)16-5-10-27(11-6-16)22-24-7-2-8-25-22/h2-4,7-9,12-14,16H,5-6,10-11H2,1H3,(H,26,29). The fraction of sp³-hybridized carbons (Fsp3) is 0.273. The van der Waals surface area contributed by atoms with Crippen LogP contribution in [0.3, 0.4) is 0 Å². The lowest BCUT2D eigenvalue weighted by molar-refractivity contribution is 0.396. The van der Waals surface area contributed by atoms with Crippen molar-refractivity contribution in [3.8, 4) is 17.1 Å². The maximum atomic E-state index is 12.8. The molecule has 0 radical (unpaired) electrons. The summed E-state index contributed by atoms with van der Waals surface area (Å²) >= 11 is 0. The summed E-state index contributed by atoms with van der Waals surface area (Å²) in [7, 11) is 1.63. The predicted octanol–water partition coefficient (Wildman–Crippen LogP) is 3.03. The molecule has 1 aliphatic rings. The normalized spacial score (nSPS) is 14.9. The van der Waals surface area contributed by atoms with Crippen LogP contribution in [0.15, 0.2) is 59.9 Å². The predicted molar refractivity (Wildman–Crippen MR) is 115 cm³/mol. The third-order valence-corrected chi connectivity index (χ3v) is 5.65. The molecule has 0 saturated carbocycles. The number of nitrogens with one attached hydrogen (secondary N) is 1. The minimum atomic E-state index is -0.143. The number of ether oxygens (including phenoxy) is 1. The third-order valence-electron chi connectivity index (χ3n) is 5.65. The van der Waals surface area contributed by atoms with Crippen molar-refractivity contribution < 1.29 is 4.74 Å². The van der Waals surface area contributed by atoms with Crippen LogP contribution in [0.4, 0.5) is 5.95 Å². The van der Waals surface area contributed by atoms with Crippen LogP contribution in [0.1, 0.15) is 18.9 Å². The van der Waals surface area contributed by atoms with E-state index >= 15 is 0 Å². The Labute approximate surface area is 173 Å². The number of methoxy groups -OCH3 is 1. The quantitative estimate of drug-likeness (QED) is 0.564. The zero-order chi connectivity index (χ0) is 20.5. The second-order valence-corrected chi connectivity index (χ2v) is 7.39. The molecule has 1 aliphatic heterocycles. The topological polar surface area (TPSA) is 88.9 Å². The van der Waals surface area contributed by atoms with Crippen molar-refractivity contribution in [3.63, 3.8) is 0 Å². The van der Waals surface area contributed by atoms with Gasteiger partial charge in [-0.3, -0.25) is 4.79 Å². The maximum Gasteiger partial charge on any atom is 0.259 e. The summed E-state index contributed by atoms with van der Waals surface area (Å²) in [5, 5.41) is 0.912. The number of aromatic amines is 1. The summed E-state index contributed by atoms with van der Waals surface area (Å²) in [4.78, 5) is 31.2. The van der Waals surface area contributed by atoms with Crippen LogP contribution in [-0.2, 0) is 0 Å². The molecular formula is C22H22N6O2. The zero-order valence-electron chi connectivity index (χ0n) is 16.7. The number of rotatable bonds is 4. The highest BCUT2D eigenvalue weighted by Crippen LogP contribution is 2.29. The summed E-state index contributed by atoms with van der Waals surface area (Å²) in [6, 6.07) is 9.59. The van der Waals surface area contributed by atoms with Gasteiger partial charge in [0.2, 0.25) is 5.95 Å². The van der Waals surface area contributed by atoms with Gasteiger partial charge < -0.3 is 19.2 Å². The van der Waals surface area contributed by atoms with Crippen LogP contribution in [-0.4, -0.2) is 44.7 Å². The minimum absolute atomic E-state index is 0.143. The number of pyridine rings is 1. The second kappa shape index (κ2) is 7.62. The van der Waals surface area contributed by atoms with Gasteiger partial charge in [0.1, 0.15) is 11.6 Å². The molecule has 1 N–H and O–H groups in total. The first-order chi connectivity index (χ1) is 14.7. The van der Waals surface area contributed by atoms with Crippen molar-refractivity contribution in [1.82, 2.24) is 24.5 Å². The molecule has 0 aliphatic carbocycles. The number of hydrogen-bond donors (Lipinski definition) is 1. The van der Waals surface area contributed by atoms with E-state index in [0.29, 0.717) is 11.4 Å². The van der Waals surface area contributed by atoms with Crippen molar-refractivity contribution >= 4 is 16.9 Å². The number of aromatic nitrogens is 5. The lowest BCUT2D eigenvalue weighted by Gasteiger charge is -2.33. The number of benzene rings is 1. The first-order valence-corrected chi connectivity index (χ1v) is 9.99. The van der Waals surface area contributed by atoms with Gasteiger partial charge in [0.05, 0.1) is 12.7 Å². The van der Waals surface area contributed by atoms with Gasteiger partial charge in [-0.25, -0.2) is 15.0 Å². The molecule has 1 aromatic carbocycles. The SMILES string of the molecule is COc1ccc2[nH]c(=O)c(-c3nccn3C3CCN(c4ncccn4)CC3)cc2c1. The number of fused-ring (bicyclic) bond motifs is 1. The average molecular weight is 402 g/mol. The number of piperidine rings is 1. The van der Waals surface area contributed by atoms with E-state index in [0.717, 1.165) is 48.5 Å². The van der Waals surface area contributed by atoms with Gasteiger partial charge in [0.25, 0.3) is 5.56 Å². The Kier molecular flexibility index (Phi) is 4.66. The molecule has 4 heterocycles. The highest BCUT2D eigenvalue weighted by molar-refractivity contribution is 5.83. The summed E-state index contributed by atoms with van der Waals surface area (Å²) in [5.41, 5.74) is 1.20. The molecular weight excluding hydrogens is 380 g/mol. The Morgan fingerprint density at radius 2 is 1.87 bits per heavy atom. The number of H-pyrrole nitrogens is 1. The Bertz CT molecular complexity index is 1230. The monoisotopic (exact) mass is 402 g/mol. The fourth-order valence-electron chi connectivity index (χ4n) is 4.09. The van der Waals surface area contributed by atoms with Crippen molar-refractivity contribution in [2.75, 3.05) is 25.1 Å². The lowest BCUT2D eigenvalue weighted by atomic mass is 10.0. The van der Waals surface area contributed by atoms with E-state index < -0.39 is 0 Å². The molecule has 0 atom stereocenters. The molecule has 3 aromatic heterocycles. The number of hydrogen-bond acceptors (Lipinski definition) is 6. The molecule has 1 saturated heterocycles. The Morgan fingerprint density at radius 1 is 1.07 bits per heavy atom. The fourth-order valence-corrected chi connectivity index (χ4v) is 4.09. The number of imidazole rings is 1. The van der Waals surface area contributed by atoms with Crippen molar-refractivity contribution in [3.05, 3.63) is 65.5 Å². The lowest BCUT2D eigenvalue weighted by Crippen LogP contribution is -2.35. The van der Waals surface area contributed by atoms with Crippen LogP contribution in [0.2, 0.25) is 0 Å². The van der Waals surface area contributed by atoms with Crippen molar-refractivity contribution in [2.24, 2.45) is 0 Å². The molecule has 0 spiro atoms. The molecule has 1 fully saturated rings. The summed E-state index contributed by atoms with van der Waals surface area (Å²) in [5.74, 6) is 2.21. The van der Waals surface area contributed by atoms with Gasteiger partial charge in [-0.15, -0.1) is 0 Å². The Balaban J connectivity index is 1.44. The Hall–Kier alpha value is -3.68. The van der Waals surface area contributed by atoms with Crippen molar-refractivity contribution in [1.29, 1.82) is 0 Å². The molecule has 4 aromatic rings. The molecule has 30 heavy (non-hydrogen) atoms. The average Bonchev–Trinajstić information content (AvgIpc) is 3.28. The highest BCUT2D eigenvalue weighted by Gasteiger charge is 2.24. The summed E-state index contributed by atoms with van der Waals surface area (Å²) in [6.45, 7) is 1.72. The molecule has 8 nitrogen and oxygen atoms in total. The third kappa shape index (κ3) is 3.30. The van der Waals surface area contributed by atoms with E-state index in [-0.39, 0.29) is 11.6 Å². The van der Waals surface area contributed by atoms with Crippen LogP contribution >= 0.6 is 0 Å². The van der Waals surface area contributed by atoms with E-state index in [1.165, 1.54) is 0 Å². The van der Waals surface area contributed by atoms with E-state index in [4.69, 9.17) is 4.74 Å². The molecule has 0 unspecified atom stereocenters. The van der Waals surface area contributed by atoms with Gasteiger partial charge >= 0.3 is 0 Å². The molecule has 0 amide bonds. The van der Waals surface area contributed by atoms with E-state index in [1.807, 2.05) is 36.5 Å².